The van der Waals surface area contributed by atoms with Gasteiger partial charge in [0.2, 0.25) is 11.5 Å². The summed E-state index contributed by atoms with van der Waals surface area (Å²) in [5.41, 5.74) is 1.14. The number of ether oxygens (including phenoxy) is 1. The summed E-state index contributed by atoms with van der Waals surface area (Å²) in [7, 11) is 2.92. The quantitative estimate of drug-likeness (QED) is 0.605. The van der Waals surface area contributed by atoms with Crippen LogP contribution in [-0.4, -0.2) is 28.6 Å². The van der Waals surface area contributed by atoms with E-state index in [2.05, 4.69) is 9.84 Å². The van der Waals surface area contributed by atoms with Crippen molar-refractivity contribution in [3.63, 3.8) is 0 Å². The van der Waals surface area contributed by atoms with Gasteiger partial charge in [-0.25, -0.2) is 4.79 Å². The second-order valence-electron chi connectivity index (χ2n) is 3.78. The fourth-order valence-corrected chi connectivity index (χ4v) is 1.62. The van der Waals surface area contributed by atoms with Crippen LogP contribution in [0.15, 0.2) is 22.6 Å². The molecule has 2 rings (SSSR count). The first-order valence-electron chi connectivity index (χ1n) is 5.26. The molecular formula is C12H12N2O4. The highest BCUT2D eigenvalue weighted by molar-refractivity contribution is 6.06. The molecule has 2 heterocycles. The van der Waals surface area contributed by atoms with Crippen LogP contribution in [0.2, 0.25) is 0 Å². The Balaban J connectivity index is 2.32. The zero-order valence-corrected chi connectivity index (χ0v) is 10.3. The minimum Gasteiger partial charge on any atom is -0.463 e. The Labute approximate surface area is 103 Å². The van der Waals surface area contributed by atoms with Gasteiger partial charge in [-0.15, -0.1) is 0 Å². The average Bonchev–Trinajstić information content (AvgIpc) is 2.94. The van der Waals surface area contributed by atoms with E-state index in [9.17, 15) is 9.59 Å². The van der Waals surface area contributed by atoms with Gasteiger partial charge in [0.05, 0.1) is 12.8 Å². The lowest BCUT2D eigenvalue weighted by Crippen LogP contribution is -2.07. The number of carbonyl (C=O) groups is 2. The molecule has 0 fully saturated rings. The minimum absolute atomic E-state index is 0.000240. The molecule has 0 radical (unpaired) electrons. The summed E-state index contributed by atoms with van der Waals surface area (Å²) in [6, 6.07) is 4.50. The summed E-state index contributed by atoms with van der Waals surface area (Å²) in [5.74, 6) is -0.860. The van der Waals surface area contributed by atoms with Crippen LogP contribution in [0.5, 0.6) is 0 Å². The standard InChI is InChI=1S/C12H12N2O4/c1-7-6-8(14(2)13-7)11(15)9-4-5-10(18-9)12(16)17-3/h4-6H,1-3H3. The highest BCUT2D eigenvalue weighted by Gasteiger charge is 2.20. The van der Waals surface area contributed by atoms with Crippen LogP contribution in [0.1, 0.15) is 32.5 Å². The number of aromatic nitrogens is 2. The highest BCUT2D eigenvalue weighted by Crippen LogP contribution is 2.14. The molecule has 0 atom stereocenters. The molecular weight excluding hydrogens is 236 g/mol. The molecule has 0 saturated carbocycles. The van der Waals surface area contributed by atoms with Crippen LogP contribution in [0.4, 0.5) is 0 Å². The number of hydrogen-bond acceptors (Lipinski definition) is 5. The number of nitrogens with zero attached hydrogens (tertiary/aromatic N) is 2. The van der Waals surface area contributed by atoms with Crippen molar-refractivity contribution in [2.75, 3.05) is 7.11 Å². The third-order valence-electron chi connectivity index (χ3n) is 2.45. The fourth-order valence-electron chi connectivity index (χ4n) is 1.62. The second-order valence-corrected chi connectivity index (χ2v) is 3.78. The average molecular weight is 248 g/mol. The van der Waals surface area contributed by atoms with E-state index in [-0.39, 0.29) is 17.3 Å². The summed E-state index contributed by atoms with van der Waals surface area (Å²) in [5, 5.41) is 4.08. The normalized spacial score (nSPS) is 10.4. The summed E-state index contributed by atoms with van der Waals surface area (Å²) < 4.78 is 11.1. The van der Waals surface area contributed by atoms with Gasteiger partial charge in [-0.2, -0.15) is 5.10 Å². The zero-order valence-electron chi connectivity index (χ0n) is 10.3. The van der Waals surface area contributed by atoms with Crippen molar-refractivity contribution in [2.24, 2.45) is 7.05 Å². The lowest BCUT2D eigenvalue weighted by molar-refractivity contribution is 0.0563. The maximum absolute atomic E-state index is 12.1. The number of ketones is 1. The predicted octanol–water partition coefficient (Wildman–Crippen LogP) is 1.34. The number of esters is 1. The summed E-state index contributed by atoms with van der Waals surface area (Å²) in [4.78, 5) is 23.3. The van der Waals surface area contributed by atoms with Crippen LogP contribution >= 0.6 is 0 Å². The molecule has 0 aliphatic carbocycles. The Kier molecular flexibility index (Phi) is 3.01. The monoisotopic (exact) mass is 248 g/mol. The van der Waals surface area contributed by atoms with Crippen LogP contribution in [-0.2, 0) is 11.8 Å². The number of furan rings is 1. The molecule has 0 bridgehead atoms. The Morgan fingerprint density at radius 3 is 2.56 bits per heavy atom. The van der Waals surface area contributed by atoms with E-state index in [0.717, 1.165) is 5.69 Å². The molecule has 0 unspecified atom stereocenters. The Morgan fingerprint density at radius 1 is 1.33 bits per heavy atom. The van der Waals surface area contributed by atoms with E-state index >= 15 is 0 Å². The van der Waals surface area contributed by atoms with Crippen molar-refractivity contribution >= 4 is 11.8 Å². The van der Waals surface area contributed by atoms with Crippen LogP contribution in [0.25, 0.3) is 0 Å². The van der Waals surface area contributed by atoms with Gasteiger partial charge in [-0.05, 0) is 25.1 Å². The van der Waals surface area contributed by atoms with E-state index in [1.165, 1.54) is 23.9 Å². The van der Waals surface area contributed by atoms with Gasteiger partial charge in [-0.1, -0.05) is 0 Å². The van der Waals surface area contributed by atoms with Gasteiger partial charge < -0.3 is 9.15 Å². The van der Waals surface area contributed by atoms with Gasteiger partial charge in [0, 0.05) is 7.05 Å². The van der Waals surface area contributed by atoms with Crippen molar-refractivity contribution in [3.05, 3.63) is 41.1 Å². The first kappa shape index (κ1) is 12.1. The smallest absolute Gasteiger partial charge is 0.373 e. The predicted molar refractivity (Wildman–Crippen MR) is 61.4 cm³/mol. The van der Waals surface area contributed by atoms with Crippen molar-refractivity contribution in [1.82, 2.24) is 9.78 Å². The van der Waals surface area contributed by atoms with Crippen LogP contribution in [0.3, 0.4) is 0 Å². The third kappa shape index (κ3) is 2.04. The van der Waals surface area contributed by atoms with E-state index in [1.807, 2.05) is 0 Å². The molecule has 6 heteroatoms. The molecule has 0 aromatic carbocycles. The molecule has 0 saturated heterocycles. The minimum atomic E-state index is -0.616. The first-order chi connectivity index (χ1) is 8.52. The molecule has 0 aliphatic heterocycles. The maximum atomic E-state index is 12.1. The Bertz CT molecular complexity index is 609. The molecule has 2 aromatic heterocycles. The maximum Gasteiger partial charge on any atom is 0.373 e. The molecule has 0 aliphatic rings. The van der Waals surface area contributed by atoms with Crippen molar-refractivity contribution in [1.29, 1.82) is 0 Å². The fraction of sp³-hybridized carbons (Fsp3) is 0.250. The number of aryl methyl sites for hydroxylation is 2. The van der Waals surface area contributed by atoms with Crippen molar-refractivity contribution < 1.29 is 18.7 Å². The summed E-state index contributed by atoms with van der Waals surface area (Å²) in [6.45, 7) is 1.79. The van der Waals surface area contributed by atoms with E-state index in [4.69, 9.17) is 4.42 Å². The van der Waals surface area contributed by atoms with E-state index < -0.39 is 5.97 Å². The topological polar surface area (TPSA) is 74.3 Å². The van der Waals surface area contributed by atoms with Crippen LogP contribution in [0, 0.1) is 6.92 Å². The first-order valence-corrected chi connectivity index (χ1v) is 5.26. The van der Waals surface area contributed by atoms with Crippen LogP contribution < -0.4 is 0 Å². The zero-order chi connectivity index (χ0) is 13.3. The summed E-state index contributed by atoms with van der Waals surface area (Å²) in [6.07, 6.45) is 0. The second kappa shape index (κ2) is 4.48. The lowest BCUT2D eigenvalue weighted by atomic mass is 10.2. The molecule has 6 nitrogen and oxygen atoms in total. The van der Waals surface area contributed by atoms with Gasteiger partial charge in [0.1, 0.15) is 5.69 Å². The van der Waals surface area contributed by atoms with E-state index in [0.29, 0.717) is 5.69 Å². The SMILES string of the molecule is COC(=O)c1ccc(C(=O)c2cc(C)nn2C)o1. The summed E-state index contributed by atoms with van der Waals surface area (Å²) >= 11 is 0. The molecule has 0 amide bonds. The number of carbonyl (C=O) groups excluding carboxylic acids is 2. The van der Waals surface area contributed by atoms with Crippen molar-refractivity contribution in [3.8, 4) is 0 Å². The number of rotatable bonds is 3. The number of methoxy groups -OCH3 is 1. The molecule has 94 valence electrons. The Hall–Kier alpha value is -2.37. The van der Waals surface area contributed by atoms with Gasteiger partial charge in [-0.3, -0.25) is 9.48 Å². The van der Waals surface area contributed by atoms with E-state index in [1.54, 1.807) is 20.0 Å². The lowest BCUT2D eigenvalue weighted by Gasteiger charge is -1.97. The van der Waals surface area contributed by atoms with Crippen molar-refractivity contribution in [2.45, 2.75) is 6.92 Å². The number of hydrogen-bond donors (Lipinski definition) is 0. The van der Waals surface area contributed by atoms with Gasteiger partial charge in [0.15, 0.2) is 5.76 Å². The van der Waals surface area contributed by atoms with Gasteiger partial charge in [0.25, 0.3) is 0 Å². The molecule has 0 N–H and O–H groups in total. The molecule has 0 spiro atoms. The highest BCUT2D eigenvalue weighted by atomic mass is 16.5. The molecule has 2 aromatic rings. The Morgan fingerprint density at radius 2 is 2.00 bits per heavy atom. The van der Waals surface area contributed by atoms with Gasteiger partial charge >= 0.3 is 5.97 Å². The largest absolute Gasteiger partial charge is 0.463 e. The molecule has 18 heavy (non-hydrogen) atoms. The third-order valence-corrected chi connectivity index (χ3v) is 2.45.